The Balaban J connectivity index is 3.39. The molecule has 0 saturated heterocycles. The van der Waals surface area contributed by atoms with E-state index in [0.29, 0.717) is 11.6 Å². The second kappa shape index (κ2) is 4.06. The Morgan fingerprint density at radius 2 is 1.29 bits per heavy atom. The van der Waals surface area contributed by atoms with Crippen molar-refractivity contribution in [2.75, 3.05) is 24.7 Å². The Hall–Kier alpha value is -2.34. The van der Waals surface area contributed by atoms with Gasteiger partial charge in [-0.15, -0.1) is 0 Å². The average Bonchev–Trinajstić information content (AvgIpc) is 2.26. The van der Waals surface area contributed by atoms with Gasteiger partial charge in [0.25, 0.3) is 0 Å². The highest BCUT2D eigenvalue weighted by atomic mass is 15.1. The monoisotopic (exact) mass is 188 g/mol. The van der Waals surface area contributed by atoms with Gasteiger partial charge in [-0.25, -0.2) is 9.97 Å². The molecule has 14 heavy (non-hydrogen) atoms. The first-order chi connectivity index (χ1) is 6.76. The first-order valence-corrected chi connectivity index (χ1v) is 3.84. The highest BCUT2D eigenvalue weighted by Crippen LogP contribution is 2.15. The van der Waals surface area contributed by atoms with Gasteiger partial charge in [0.2, 0.25) is 0 Å². The van der Waals surface area contributed by atoms with Gasteiger partial charge in [-0.3, -0.25) is 0 Å². The zero-order chi connectivity index (χ0) is 10.6. The molecule has 0 bridgehead atoms. The molecule has 1 heterocycles. The van der Waals surface area contributed by atoms with Gasteiger partial charge in [-0.1, -0.05) is 0 Å². The molecule has 6 heteroatoms. The van der Waals surface area contributed by atoms with Crippen molar-refractivity contribution < 1.29 is 0 Å². The van der Waals surface area contributed by atoms with Crippen LogP contribution in [0.2, 0.25) is 0 Å². The fourth-order valence-corrected chi connectivity index (χ4v) is 0.940. The molecule has 1 rings (SSSR count). The summed E-state index contributed by atoms with van der Waals surface area (Å²) in [7, 11) is 3.23. The lowest BCUT2D eigenvalue weighted by Gasteiger charge is -2.05. The lowest BCUT2D eigenvalue weighted by atomic mass is 10.3. The van der Waals surface area contributed by atoms with E-state index in [9.17, 15) is 0 Å². The van der Waals surface area contributed by atoms with Gasteiger partial charge in [0, 0.05) is 14.1 Å². The van der Waals surface area contributed by atoms with Crippen LogP contribution in [-0.4, -0.2) is 24.1 Å². The summed E-state index contributed by atoms with van der Waals surface area (Å²) in [6.07, 6.45) is 0. The molecule has 70 valence electrons. The molecule has 0 atom stereocenters. The minimum atomic E-state index is 0.163. The second-order valence-corrected chi connectivity index (χ2v) is 2.34. The van der Waals surface area contributed by atoms with Gasteiger partial charge >= 0.3 is 0 Å². The summed E-state index contributed by atoms with van der Waals surface area (Å²) in [6.45, 7) is 0. The summed E-state index contributed by atoms with van der Waals surface area (Å²) in [5.74, 6) is 0.617. The molecule has 0 unspecified atom stereocenters. The van der Waals surface area contributed by atoms with Crippen LogP contribution >= 0.6 is 0 Å². The van der Waals surface area contributed by atoms with Gasteiger partial charge < -0.3 is 10.6 Å². The smallest absolute Gasteiger partial charge is 0.185 e. The lowest BCUT2D eigenvalue weighted by Crippen LogP contribution is -2.05. The van der Waals surface area contributed by atoms with E-state index < -0.39 is 0 Å². The fourth-order valence-electron chi connectivity index (χ4n) is 0.940. The van der Waals surface area contributed by atoms with Gasteiger partial charge in [0.1, 0.15) is 12.1 Å². The SMILES string of the molecule is CNc1nc(C#N)c(NC)nc1C#N. The molecule has 1 aromatic rings. The number of rotatable bonds is 2. The first kappa shape index (κ1) is 9.75. The van der Waals surface area contributed by atoms with Gasteiger partial charge in [-0.2, -0.15) is 10.5 Å². The van der Waals surface area contributed by atoms with Crippen LogP contribution in [-0.2, 0) is 0 Å². The summed E-state index contributed by atoms with van der Waals surface area (Å²) in [6, 6.07) is 3.77. The minimum Gasteiger partial charge on any atom is -0.371 e. The summed E-state index contributed by atoms with van der Waals surface area (Å²) in [5, 5.41) is 22.9. The van der Waals surface area contributed by atoms with Crippen LogP contribution in [0.15, 0.2) is 0 Å². The lowest BCUT2D eigenvalue weighted by molar-refractivity contribution is 1.12. The van der Waals surface area contributed by atoms with E-state index in [-0.39, 0.29) is 11.4 Å². The molecule has 0 spiro atoms. The van der Waals surface area contributed by atoms with Crippen LogP contribution in [0.1, 0.15) is 11.4 Å². The molecule has 0 aliphatic rings. The Morgan fingerprint density at radius 3 is 1.50 bits per heavy atom. The van der Waals surface area contributed by atoms with Crippen molar-refractivity contribution >= 4 is 11.6 Å². The molecule has 0 amide bonds. The molecular formula is C8H8N6. The van der Waals surface area contributed by atoms with Crippen molar-refractivity contribution in [2.45, 2.75) is 0 Å². The molecule has 0 aliphatic carbocycles. The number of anilines is 2. The van der Waals surface area contributed by atoms with Gasteiger partial charge in [0.15, 0.2) is 23.0 Å². The molecule has 6 nitrogen and oxygen atoms in total. The fraction of sp³-hybridized carbons (Fsp3) is 0.250. The zero-order valence-electron chi connectivity index (χ0n) is 7.79. The van der Waals surface area contributed by atoms with Crippen molar-refractivity contribution in [1.29, 1.82) is 10.5 Å². The number of aromatic nitrogens is 2. The molecule has 0 radical (unpaired) electrons. The second-order valence-electron chi connectivity index (χ2n) is 2.34. The van der Waals surface area contributed by atoms with Gasteiger partial charge in [0.05, 0.1) is 0 Å². The average molecular weight is 188 g/mol. The van der Waals surface area contributed by atoms with Crippen molar-refractivity contribution in [2.24, 2.45) is 0 Å². The third kappa shape index (κ3) is 1.54. The van der Waals surface area contributed by atoms with Crippen LogP contribution in [0.4, 0.5) is 11.6 Å². The van der Waals surface area contributed by atoms with E-state index in [0.717, 1.165) is 0 Å². The third-order valence-corrected chi connectivity index (χ3v) is 1.58. The van der Waals surface area contributed by atoms with Crippen molar-refractivity contribution in [1.82, 2.24) is 9.97 Å². The number of nitriles is 2. The maximum Gasteiger partial charge on any atom is 0.185 e. The normalized spacial score (nSPS) is 8.57. The van der Waals surface area contributed by atoms with E-state index in [1.807, 2.05) is 12.1 Å². The summed E-state index contributed by atoms with van der Waals surface area (Å²) < 4.78 is 0. The number of hydrogen-bond acceptors (Lipinski definition) is 6. The molecule has 2 N–H and O–H groups in total. The van der Waals surface area contributed by atoms with E-state index in [1.54, 1.807) is 14.1 Å². The Bertz CT molecular complexity index is 383. The highest BCUT2D eigenvalue weighted by molar-refractivity contribution is 5.57. The van der Waals surface area contributed by atoms with Crippen LogP contribution in [0.25, 0.3) is 0 Å². The van der Waals surface area contributed by atoms with Crippen molar-refractivity contribution in [3.05, 3.63) is 11.4 Å². The van der Waals surface area contributed by atoms with E-state index in [1.165, 1.54) is 0 Å². The maximum absolute atomic E-state index is 8.73. The summed E-state index contributed by atoms with van der Waals surface area (Å²) >= 11 is 0. The first-order valence-electron chi connectivity index (χ1n) is 3.84. The van der Waals surface area contributed by atoms with Crippen LogP contribution in [0, 0.1) is 22.7 Å². The molecule has 0 saturated carbocycles. The topological polar surface area (TPSA) is 97.4 Å². The number of nitrogens with zero attached hydrogens (tertiary/aromatic N) is 4. The largest absolute Gasteiger partial charge is 0.371 e. The van der Waals surface area contributed by atoms with E-state index in [4.69, 9.17) is 10.5 Å². The zero-order valence-corrected chi connectivity index (χ0v) is 7.79. The summed E-state index contributed by atoms with van der Waals surface area (Å²) in [4.78, 5) is 7.86. The molecule has 0 fully saturated rings. The quantitative estimate of drug-likeness (QED) is 0.692. The van der Waals surface area contributed by atoms with Crippen molar-refractivity contribution in [3.63, 3.8) is 0 Å². The predicted molar refractivity (Wildman–Crippen MR) is 50.6 cm³/mol. The third-order valence-electron chi connectivity index (χ3n) is 1.58. The predicted octanol–water partition coefficient (Wildman–Crippen LogP) is 0.303. The van der Waals surface area contributed by atoms with Crippen LogP contribution in [0.3, 0.4) is 0 Å². The minimum absolute atomic E-state index is 0.163. The number of nitrogens with one attached hydrogen (secondary N) is 2. The Kier molecular flexibility index (Phi) is 2.82. The van der Waals surface area contributed by atoms with Crippen LogP contribution < -0.4 is 10.6 Å². The molecule has 0 aromatic carbocycles. The standard InChI is InChI=1S/C8H8N6/c1-11-7-5(3-9)14-8(12-2)6(4-10)13-7/h1-2H3,(H,11,13)(H,12,14). The molecule has 1 aromatic heterocycles. The Labute approximate surface area is 81.2 Å². The van der Waals surface area contributed by atoms with Crippen LogP contribution in [0.5, 0.6) is 0 Å². The number of hydrogen-bond donors (Lipinski definition) is 2. The molecule has 0 aliphatic heterocycles. The van der Waals surface area contributed by atoms with Crippen molar-refractivity contribution in [3.8, 4) is 12.1 Å². The molecular weight excluding hydrogens is 180 g/mol. The van der Waals surface area contributed by atoms with Gasteiger partial charge in [-0.05, 0) is 0 Å². The van der Waals surface area contributed by atoms with E-state index in [2.05, 4.69) is 20.6 Å². The summed E-state index contributed by atoms with van der Waals surface area (Å²) in [5.41, 5.74) is 0.326. The maximum atomic E-state index is 8.73. The Morgan fingerprint density at radius 1 is 0.929 bits per heavy atom. The highest BCUT2D eigenvalue weighted by Gasteiger charge is 2.10. The van der Waals surface area contributed by atoms with E-state index >= 15 is 0 Å².